The Morgan fingerprint density at radius 2 is 2.00 bits per heavy atom. The molecule has 1 spiro atoms. The maximum atomic E-state index is 6.22. The third-order valence-electron chi connectivity index (χ3n) is 5.89. The summed E-state index contributed by atoms with van der Waals surface area (Å²) in [6.45, 7) is 7.47. The Morgan fingerprint density at radius 1 is 1.20 bits per heavy atom. The summed E-state index contributed by atoms with van der Waals surface area (Å²) in [4.78, 5) is 0. The molecule has 1 aliphatic carbocycles. The van der Waals surface area contributed by atoms with Gasteiger partial charge in [0, 0.05) is 25.2 Å². The molecule has 0 radical (unpaired) electrons. The molecule has 20 heavy (non-hydrogen) atoms. The molecule has 4 atom stereocenters. The van der Waals surface area contributed by atoms with Crippen molar-refractivity contribution < 1.29 is 9.47 Å². The molecular weight excluding hydrogens is 250 g/mol. The predicted molar refractivity (Wildman–Crippen MR) is 80.9 cm³/mol. The van der Waals surface area contributed by atoms with Crippen molar-refractivity contribution in [3.8, 4) is 0 Å². The molecule has 4 unspecified atom stereocenters. The SMILES string of the molecule is CCNC(C1CCOC2(CCCC2)C1)C1CCOC1C. The van der Waals surface area contributed by atoms with Crippen LogP contribution >= 0.6 is 0 Å². The number of nitrogens with one attached hydrogen (secondary N) is 1. The van der Waals surface area contributed by atoms with Crippen LogP contribution < -0.4 is 5.32 Å². The lowest BCUT2D eigenvalue weighted by Crippen LogP contribution is -2.50. The van der Waals surface area contributed by atoms with Gasteiger partial charge in [-0.05, 0) is 51.5 Å². The smallest absolute Gasteiger partial charge is 0.0685 e. The number of hydrogen-bond acceptors (Lipinski definition) is 3. The molecule has 0 aromatic rings. The third kappa shape index (κ3) is 2.90. The summed E-state index contributed by atoms with van der Waals surface area (Å²) < 4.78 is 12.0. The van der Waals surface area contributed by atoms with Crippen LogP contribution in [0.5, 0.6) is 0 Å². The fourth-order valence-corrected chi connectivity index (χ4v) is 4.86. The lowest BCUT2D eigenvalue weighted by atomic mass is 9.75. The lowest BCUT2D eigenvalue weighted by molar-refractivity contribution is -0.102. The minimum atomic E-state index is 0.235. The topological polar surface area (TPSA) is 30.5 Å². The van der Waals surface area contributed by atoms with Crippen LogP contribution in [-0.4, -0.2) is 37.5 Å². The van der Waals surface area contributed by atoms with Gasteiger partial charge >= 0.3 is 0 Å². The van der Waals surface area contributed by atoms with Crippen molar-refractivity contribution in [3.05, 3.63) is 0 Å². The van der Waals surface area contributed by atoms with E-state index >= 15 is 0 Å². The van der Waals surface area contributed by atoms with Crippen molar-refractivity contribution in [2.45, 2.75) is 76.5 Å². The summed E-state index contributed by atoms with van der Waals surface area (Å²) in [5.41, 5.74) is 0.235. The summed E-state index contributed by atoms with van der Waals surface area (Å²) in [5, 5.41) is 3.80. The van der Waals surface area contributed by atoms with E-state index in [0.717, 1.165) is 25.7 Å². The fourth-order valence-electron chi connectivity index (χ4n) is 4.86. The first-order valence-electron chi connectivity index (χ1n) is 8.73. The van der Waals surface area contributed by atoms with E-state index in [2.05, 4.69) is 19.2 Å². The quantitative estimate of drug-likeness (QED) is 0.859. The van der Waals surface area contributed by atoms with Gasteiger partial charge in [-0.3, -0.25) is 0 Å². The van der Waals surface area contributed by atoms with E-state index in [-0.39, 0.29) is 5.60 Å². The maximum absolute atomic E-state index is 6.22. The monoisotopic (exact) mass is 281 g/mol. The van der Waals surface area contributed by atoms with Crippen LogP contribution in [-0.2, 0) is 9.47 Å². The van der Waals surface area contributed by atoms with Gasteiger partial charge in [-0.2, -0.15) is 0 Å². The summed E-state index contributed by atoms with van der Waals surface area (Å²) in [6.07, 6.45) is 9.45. The van der Waals surface area contributed by atoms with Crippen LogP contribution in [0, 0.1) is 11.8 Å². The molecule has 3 aliphatic rings. The van der Waals surface area contributed by atoms with Gasteiger partial charge in [-0.1, -0.05) is 19.8 Å². The Labute approximate surface area is 123 Å². The first kappa shape index (κ1) is 14.8. The predicted octanol–water partition coefficient (Wildman–Crippen LogP) is 3.13. The standard InChI is InChI=1S/C17H31NO2/c1-3-18-16(15-7-10-19-13(15)2)14-6-11-20-17(12-14)8-4-5-9-17/h13-16,18H,3-12H2,1-2H3. The molecule has 2 aliphatic heterocycles. The second-order valence-corrected chi connectivity index (χ2v) is 7.10. The molecule has 3 heteroatoms. The molecule has 1 N–H and O–H groups in total. The molecule has 0 aromatic heterocycles. The van der Waals surface area contributed by atoms with E-state index in [1.165, 1.54) is 44.9 Å². The zero-order valence-corrected chi connectivity index (χ0v) is 13.2. The van der Waals surface area contributed by atoms with Gasteiger partial charge in [-0.25, -0.2) is 0 Å². The molecule has 0 aromatic carbocycles. The molecule has 1 saturated carbocycles. The summed E-state index contributed by atoms with van der Waals surface area (Å²) in [7, 11) is 0. The molecule has 0 amide bonds. The molecule has 3 fully saturated rings. The Bertz CT molecular complexity index is 314. The highest BCUT2D eigenvalue weighted by molar-refractivity contribution is 4.97. The first-order chi connectivity index (χ1) is 9.74. The molecule has 2 saturated heterocycles. The van der Waals surface area contributed by atoms with Gasteiger partial charge in [-0.15, -0.1) is 0 Å². The first-order valence-corrected chi connectivity index (χ1v) is 8.73. The van der Waals surface area contributed by atoms with Crippen LogP contribution in [0.4, 0.5) is 0 Å². The highest BCUT2D eigenvalue weighted by Gasteiger charge is 2.44. The average Bonchev–Trinajstić information content (AvgIpc) is 3.06. The van der Waals surface area contributed by atoms with E-state index in [9.17, 15) is 0 Å². The average molecular weight is 281 g/mol. The fraction of sp³-hybridized carbons (Fsp3) is 1.00. The lowest BCUT2D eigenvalue weighted by Gasteiger charge is -2.43. The third-order valence-corrected chi connectivity index (χ3v) is 5.89. The van der Waals surface area contributed by atoms with Gasteiger partial charge in [0.15, 0.2) is 0 Å². The molecule has 0 bridgehead atoms. The normalized spacial score (nSPS) is 38.4. The van der Waals surface area contributed by atoms with E-state index in [1.54, 1.807) is 0 Å². The van der Waals surface area contributed by atoms with E-state index in [4.69, 9.17) is 9.47 Å². The highest BCUT2D eigenvalue weighted by Crippen LogP contribution is 2.44. The second-order valence-electron chi connectivity index (χ2n) is 7.10. The van der Waals surface area contributed by atoms with Crippen LogP contribution in [0.1, 0.15) is 58.8 Å². The Morgan fingerprint density at radius 3 is 2.65 bits per heavy atom. The molecule has 3 rings (SSSR count). The van der Waals surface area contributed by atoms with Gasteiger partial charge in [0.2, 0.25) is 0 Å². The summed E-state index contributed by atoms with van der Waals surface area (Å²) in [6, 6.07) is 0.624. The number of hydrogen-bond donors (Lipinski definition) is 1. The maximum Gasteiger partial charge on any atom is 0.0685 e. The van der Waals surface area contributed by atoms with Crippen LogP contribution in [0.3, 0.4) is 0 Å². The van der Waals surface area contributed by atoms with E-state index in [1.807, 2.05) is 0 Å². The zero-order valence-electron chi connectivity index (χ0n) is 13.2. The Kier molecular flexibility index (Phi) is 4.68. The molecule has 116 valence electrons. The number of rotatable bonds is 4. The van der Waals surface area contributed by atoms with Gasteiger partial charge in [0.1, 0.15) is 0 Å². The molecular formula is C17H31NO2. The molecule has 2 heterocycles. The van der Waals surface area contributed by atoms with Crippen molar-refractivity contribution in [2.75, 3.05) is 19.8 Å². The van der Waals surface area contributed by atoms with Gasteiger partial charge < -0.3 is 14.8 Å². The van der Waals surface area contributed by atoms with Crippen LogP contribution in [0.2, 0.25) is 0 Å². The van der Waals surface area contributed by atoms with Crippen molar-refractivity contribution in [3.63, 3.8) is 0 Å². The van der Waals surface area contributed by atoms with Crippen molar-refractivity contribution in [1.29, 1.82) is 0 Å². The van der Waals surface area contributed by atoms with E-state index in [0.29, 0.717) is 18.1 Å². The van der Waals surface area contributed by atoms with Crippen molar-refractivity contribution in [1.82, 2.24) is 5.32 Å². The summed E-state index contributed by atoms with van der Waals surface area (Å²) in [5.74, 6) is 1.47. The number of ether oxygens (including phenoxy) is 2. The van der Waals surface area contributed by atoms with Crippen LogP contribution in [0.25, 0.3) is 0 Å². The van der Waals surface area contributed by atoms with Crippen LogP contribution in [0.15, 0.2) is 0 Å². The Hall–Kier alpha value is -0.120. The van der Waals surface area contributed by atoms with Crippen molar-refractivity contribution in [2.24, 2.45) is 11.8 Å². The minimum Gasteiger partial charge on any atom is -0.378 e. The summed E-state index contributed by atoms with van der Waals surface area (Å²) >= 11 is 0. The largest absolute Gasteiger partial charge is 0.378 e. The van der Waals surface area contributed by atoms with Gasteiger partial charge in [0.25, 0.3) is 0 Å². The van der Waals surface area contributed by atoms with Gasteiger partial charge in [0.05, 0.1) is 11.7 Å². The second kappa shape index (κ2) is 6.33. The molecule has 3 nitrogen and oxygen atoms in total. The minimum absolute atomic E-state index is 0.235. The highest BCUT2D eigenvalue weighted by atomic mass is 16.5. The van der Waals surface area contributed by atoms with E-state index < -0.39 is 0 Å². The Balaban J connectivity index is 1.70. The van der Waals surface area contributed by atoms with Crippen molar-refractivity contribution >= 4 is 0 Å². The zero-order chi connectivity index (χ0) is 14.0.